The average Bonchev–Trinajstić information content (AvgIpc) is 3.07. The maximum absolute atomic E-state index is 5.59. The second-order valence-corrected chi connectivity index (χ2v) is 5.42. The molecule has 0 amide bonds. The Hall–Kier alpha value is -0.940. The van der Waals surface area contributed by atoms with E-state index in [0.717, 1.165) is 50.6 Å². The molecule has 1 aliphatic heterocycles. The molecule has 1 fully saturated rings. The molecule has 5 nitrogen and oxygen atoms in total. The van der Waals surface area contributed by atoms with E-state index in [2.05, 4.69) is 36.2 Å². The van der Waals surface area contributed by atoms with E-state index in [1.54, 1.807) is 0 Å². The van der Waals surface area contributed by atoms with Crippen molar-refractivity contribution in [3.8, 4) is 0 Å². The molecule has 108 valence electrons. The summed E-state index contributed by atoms with van der Waals surface area (Å²) in [5.41, 5.74) is 0. The molecule has 0 aliphatic carbocycles. The SMILES string of the molecule is CCCNC(C)C(C)c1nc(CC2CCCO2)no1. The first-order valence-corrected chi connectivity index (χ1v) is 7.38. The quantitative estimate of drug-likeness (QED) is 0.821. The van der Waals surface area contributed by atoms with Gasteiger partial charge in [0.25, 0.3) is 0 Å². The minimum absolute atomic E-state index is 0.234. The van der Waals surface area contributed by atoms with Crippen LogP contribution in [-0.4, -0.2) is 35.4 Å². The van der Waals surface area contributed by atoms with Crippen LogP contribution in [0, 0.1) is 0 Å². The van der Waals surface area contributed by atoms with E-state index in [9.17, 15) is 0 Å². The molecular weight excluding hydrogens is 242 g/mol. The van der Waals surface area contributed by atoms with Gasteiger partial charge < -0.3 is 14.6 Å². The summed E-state index contributed by atoms with van der Waals surface area (Å²) in [5, 5.41) is 7.53. The Labute approximate surface area is 115 Å². The Kier molecular flexibility index (Phi) is 5.34. The van der Waals surface area contributed by atoms with Crippen molar-refractivity contribution < 1.29 is 9.26 Å². The second kappa shape index (κ2) is 7.01. The van der Waals surface area contributed by atoms with Gasteiger partial charge in [-0.1, -0.05) is 19.0 Å². The molecule has 0 saturated carbocycles. The number of aromatic nitrogens is 2. The first kappa shape index (κ1) is 14.5. The lowest BCUT2D eigenvalue weighted by atomic mass is 10.0. The van der Waals surface area contributed by atoms with E-state index in [4.69, 9.17) is 9.26 Å². The molecule has 0 bridgehead atoms. The molecule has 3 atom stereocenters. The summed E-state index contributed by atoms with van der Waals surface area (Å²) in [6.07, 6.45) is 4.42. The highest BCUT2D eigenvalue weighted by molar-refractivity contribution is 4.97. The van der Waals surface area contributed by atoms with Gasteiger partial charge in [0.05, 0.1) is 12.0 Å². The van der Waals surface area contributed by atoms with Gasteiger partial charge in [0.15, 0.2) is 5.82 Å². The molecule has 1 aromatic heterocycles. The van der Waals surface area contributed by atoms with Crippen molar-refractivity contribution in [2.45, 2.75) is 64.5 Å². The van der Waals surface area contributed by atoms with Gasteiger partial charge in [-0.2, -0.15) is 4.98 Å². The van der Waals surface area contributed by atoms with Crippen LogP contribution in [0.2, 0.25) is 0 Å². The third kappa shape index (κ3) is 4.01. The summed E-state index contributed by atoms with van der Waals surface area (Å²) in [6, 6.07) is 0.344. The number of ether oxygens (including phenoxy) is 1. The maximum Gasteiger partial charge on any atom is 0.231 e. The highest BCUT2D eigenvalue weighted by Crippen LogP contribution is 2.20. The number of hydrogen-bond donors (Lipinski definition) is 1. The van der Waals surface area contributed by atoms with Gasteiger partial charge >= 0.3 is 0 Å². The van der Waals surface area contributed by atoms with Crippen LogP contribution in [0.4, 0.5) is 0 Å². The van der Waals surface area contributed by atoms with Gasteiger partial charge in [0.2, 0.25) is 5.89 Å². The van der Waals surface area contributed by atoms with Crippen LogP contribution in [0.1, 0.15) is 57.7 Å². The molecule has 19 heavy (non-hydrogen) atoms. The zero-order valence-electron chi connectivity index (χ0n) is 12.2. The van der Waals surface area contributed by atoms with Crippen LogP contribution in [0.3, 0.4) is 0 Å². The summed E-state index contributed by atoms with van der Waals surface area (Å²) in [7, 11) is 0. The zero-order chi connectivity index (χ0) is 13.7. The molecule has 1 N–H and O–H groups in total. The Morgan fingerprint density at radius 2 is 2.26 bits per heavy atom. The summed E-state index contributed by atoms with van der Waals surface area (Å²) in [6.45, 7) is 8.32. The van der Waals surface area contributed by atoms with Crippen molar-refractivity contribution in [3.63, 3.8) is 0 Å². The fourth-order valence-electron chi connectivity index (χ4n) is 2.31. The maximum atomic E-state index is 5.59. The molecule has 0 aromatic carbocycles. The fourth-order valence-corrected chi connectivity index (χ4v) is 2.31. The topological polar surface area (TPSA) is 60.2 Å². The predicted molar refractivity (Wildman–Crippen MR) is 73.1 cm³/mol. The Morgan fingerprint density at radius 1 is 1.42 bits per heavy atom. The van der Waals surface area contributed by atoms with E-state index in [0.29, 0.717) is 6.04 Å². The van der Waals surface area contributed by atoms with E-state index >= 15 is 0 Å². The Morgan fingerprint density at radius 3 is 2.95 bits per heavy atom. The van der Waals surface area contributed by atoms with Crippen LogP contribution in [0.25, 0.3) is 0 Å². The van der Waals surface area contributed by atoms with Crippen molar-refractivity contribution >= 4 is 0 Å². The minimum atomic E-state index is 0.234. The number of nitrogens with zero attached hydrogens (tertiary/aromatic N) is 2. The lowest BCUT2D eigenvalue weighted by molar-refractivity contribution is 0.109. The molecule has 0 radical (unpaired) electrons. The van der Waals surface area contributed by atoms with Crippen LogP contribution in [0.15, 0.2) is 4.52 Å². The predicted octanol–water partition coefficient (Wildman–Crippen LogP) is 2.28. The lowest BCUT2D eigenvalue weighted by Gasteiger charge is -2.17. The number of rotatable bonds is 7. The van der Waals surface area contributed by atoms with Gasteiger partial charge in [0.1, 0.15) is 0 Å². The van der Waals surface area contributed by atoms with Crippen LogP contribution in [0.5, 0.6) is 0 Å². The summed E-state index contributed by atoms with van der Waals surface area (Å²) in [5.74, 6) is 1.73. The second-order valence-electron chi connectivity index (χ2n) is 5.42. The van der Waals surface area contributed by atoms with Gasteiger partial charge in [-0.15, -0.1) is 0 Å². The summed E-state index contributed by atoms with van der Waals surface area (Å²) >= 11 is 0. The van der Waals surface area contributed by atoms with Crippen molar-refractivity contribution in [3.05, 3.63) is 11.7 Å². The number of nitrogens with one attached hydrogen (secondary N) is 1. The standard InChI is InChI=1S/C14H25N3O2/c1-4-7-15-11(3)10(2)14-16-13(17-19-14)9-12-6-5-8-18-12/h10-12,15H,4-9H2,1-3H3. The van der Waals surface area contributed by atoms with E-state index in [1.807, 2.05) is 0 Å². The molecule has 1 aromatic rings. The van der Waals surface area contributed by atoms with Gasteiger partial charge in [-0.25, -0.2) is 0 Å². The van der Waals surface area contributed by atoms with Gasteiger partial charge in [-0.05, 0) is 32.7 Å². The molecular formula is C14H25N3O2. The molecule has 3 unspecified atom stereocenters. The average molecular weight is 267 g/mol. The zero-order valence-corrected chi connectivity index (χ0v) is 12.2. The van der Waals surface area contributed by atoms with E-state index in [-0.39, 0.29) is 12.0 Å². The lowest BCUT2D eigenvalue weighted by Crippen LogP contribution is -2.31. The first-order chi connectivity index (χ1) is 9.20. The van der Waals surface area contributed by atoms with Crippen LogP contribution in [-0.2, 0) is 11.2 Å². The monoisotopic (exact) mass is 267 g/mol. The molecule has 1 aliphatic rings. The molecule has 5 heteroatoms. The minimum Gasteiger partial charge on any atom is -0.378 e. The third-order valence-electron chi connectivity index (χ3n) is 3.77. The summed E-state index contributed by atoms with van der Waals surface area (Å²) in [4.78, 5) is 4.51. The molecule has 2 heterocycles. The smallest absolute Gasteiger partial charge is 0.231 e. The fraction of sp³-hybridized carbons (Fsp3) is 0.857. The van der Waals surface area contributed by atoms with Crippen LogP contribution >= 0.6 is 0 Å². The highest BCUT2D eigenvalue weighted by atomic mass is 16.5. The van der Waals surface area contributed by atoms with Crippen molar-refractivity contribution in [1.29, 1.82) is 0 Å². The third-order valence-corrected chi connectivity index (χ3v) is 3.77. The van der Waals surface area contributed by atoms with Gasteiger partial charge in [-0.3, -0.25) is 0 Å². The molecule has 1 saturated heterocycles. The van der Waals surface area contributed by atoms with E-state index < -0.39 is 0 Å². The van der Waals surface area contributed by atoms with E-state index in [1.165, 1.54) is 0 Å². The molecule has 0 spiro atoms. The van der Waals surface area contributed by atoms with Crippen molar-refractivity contribution in [2.75, 3.05) is 13.2 Å². The molecule has 2 rings (SSSR count). The number of hydrogen-bond acceptors (Lipinski definition) is 5. The van der Waals surface area contributed by atoms with Crippen molar-refractivity contribution in [1.82, 2.24) is 15.5 Å². The Bertz CT molecular complexity index is 375. The van der Waals surface area contributed by atoms with Crippen LogP contribution < -0.4 is 5.32 Å². The first-order valence-electron chi connectivity index (χ1n) is 7.38. The summed E-state index contributed by atoms with van der Waals surface area (Å²) < 4.78 is 11.0. The normalized spacial score (nSPS) is 22.6. The largest absolute Gasteiger partial charge is 0.378 e. The van der Waals surface area contributed by atoms with Gasteiger partial charge in [0, 0.05) is 19.1 Å². The Balaban J connectivity index is 1.88. The highest BCUT2D eigenvalue weighted by Gasteiger charge is 2.23. The van der Waals surface area contributed by atoms with Crippen molar-refractivity contribution in [2.24, 2.45) is 0 Å².